The van der Waals surface area contributed by atoms with E-state index in [0.717, 1.165) is 0 Å². The predicted octanol–water partition coefficient (Wildman–Crippen LogP) is 2.72. The third-order valence-corrected chi connectivity index (χ3v) is 2.44. The lowest BCUT2D eigenvalue weighted by atomic mass is 10.2. The Morgan fingerprint density at radius 1 is 1.53 bits per heavy atom. The number of aryl methyl sites for hydroxylation is 1. The number of rotatable bonds is 5. The van der Waals surface area contributed by atoms with Crippen molar-refractivity contribution in [1.82, 2.24) is 0 Å². The summed E-state index contributed by atoms with van der Waals surface area (Å²) in [4.78, 5) is 11.5. The lowest BCUT2D eigenvalue weighted by molar-refractivity contribution is -0.117. The molecule has 1 aromatic carbocycles. The van der Waals surface area contributed by atoms with Crippen LogP contribution in [0.2, 0.25) is 5.02 Å². The molecule has 0 aliphatic heterocycles. The fourth-order valence-electron chi connectivity index (χ4n) is 1.35. The zero-order valence-corrected chi connectivity index (χ0v) is 10.7. The van der Waals surface area contributed by atoms with Crippen LogP contribution >= 0.6 is 11.6 Å². The molecule has 1 amide bonds. The Hall–Kier alpha value is -1.26. The predicted molar refractivity (Wildman–Crippen MR) is 67.6 cm³/mol. The number of amides is 1. The normalized spacial score (nSPS) is 10.3. The Morgan fingerprint density at radius 3 is 2.88 bits per heavy atom. The minimum atomic E-state index is -0.213. The van der Waals surface area contributed by atoms with Crippen LogP contribution in [0.4, 0.5) is 5.69 Å². The van der Waals surface area contributed by atoms with Gasteiger partial charge in [0.25, 0.3) is 0 Å². The maximum Gasteiger partial charge on any atom is 0.226 e. The number of carbonyl (C=O) groups is 1. The van der Waals surface area contributed by atoms with Crippen LogP contribution in [-0.4, -0.2) is 24.2 Å². The molecule has 5 heteroatoms. The van der Waals surface area contributed by atoms with Gasteiger partial charge in [-0.1, -0.05) is 11.6 Å². The molecule has 0 aliphatic rings. The van der Waals surface area contributed by atoms with Gasteiger partial charge in [-0.25, -0.2) is 0 Å². The Kier molecular flexibility index (Phi) is 5.25. The Labute approximate surface area is 106 Å². The molecule has 1 rings (SSSR count). The molecule has 0 unspecified atom stereocenters. The van der Waals surface area contributed by atoms with Crippen LogP contribution in [0.1, 0.15) is 18.9 Å². The summed E-state index contributed by atoms with van der Waals surface area (Å²) in [5.74, 6) is -0.172. The summed E-state index contributed by atoms with van der Waals surface area (Å²) in [7, 11) is 0. The fourth-order valence-corrected chi connectivity index (χ4v) is 1.63. The molecule has 0 atom stereocenters. The van der Waals surface area contributed by atoms with Crippen molar-refractivity contribution in [1.29, 1.82) is 0 Å². The third kappa shape index (κ3) is 4.24. The first-order valence-electron chi connectivity index (χ1n) is 5.41. The largest absolute Gasteiger partial charge is 0.505 e. The second-order valence-electron chi connectivity index (χ2n) is 3.61. The highest BCUT2D eigenvalue weighted by Crippen LogP contribution is 2.30. The number of phenolic OH excluding ortho intramolecular Hbond substituents is 1. The molecule has 0 saturated carbocycles. The van der Waals surface area contributed by atoms with E-state index in [2.05, 4.69) is 5.32 Å². The van der Waals surface area contributed by atoms with Gasteiger partial charge in [0.2, 0.25) is 5.91 Å². The standard InChI is InChI=1S/C12H16ClNO3/c1-3-17-5-4-11(15)14-10-7-9(13)6-8(2)12(10)16/h6-7,16H,3-5H2,1-2H3,(H,14,15). The molecule has 0 spiro atoms. The number of ether oxygens (including phenoxy) is 1. The number of anilines is 1. The first-order valence-corrected chi connectivity index (χ1v) is 5.79. The summed E-state index contributed by atoms with van der Waals surface area (Å²) in [6.07, 6.45) is 0.249. The number of benzene rings is 1. The van der Waals surface area contributed by atoms with Gasteiger partial charge in [0.15, 0.2) is 0 Å². The van der Waals surface area contributed by atoms with Crippen molar-refractivity contribution in [3.05, 3.63) is 22.7 Å². The Morgan fingerprint density at radius 2 is 2.24 bits per heavy atom. The van der Waals surface area contributed by atoms with E-state index >= 15 is 0 Å². The number of aromatic hydroxyl groups is 1. The van der Waals surface area contributed by atoms with E-state index in [1.165, 1.54) is 6.07 Å². The SMILES string of the molecule is CCOCCC(=O)Nc1cc(Cl)cc(C)c1O. The van der Waals surface area contributed by atoms with Gasteiger partial charge in [-0.2, -0.15) is 0 Å². The Balaban J connectivity index is 2.65. The maximum absolute atomic E-state index is 11.5. The van der Waals surface area contributed by atoms with Gasteiger partial charge in [0, 0.05) is 11.6 Å². The second kappa shape index (κ2) is 6.47. The van der Waals surface area contributed by atoms with Crippen molar-refractivity contribution in [3.63, 3.8) is 0 Å². The van der Waals surface area contributed by atoms with Crippen molar-refractivity contribution in [2.24, 2.45) is 0 Å². The molecule has 0 aliphatic carbocycles. The van der Waals surface area contributed by atoms with Crippen molar-refractivity contribution in [2.45, 2.75) is 20.3 Å². The average molecular weight is 258 g/mol. The smallest absolute Gasteiger partial charge is 0.226 e. The van der Waals surface area contributed by atoms with E-state index in [0.29, 0.717) is 29.5 Å². The first kappa shape index (κ1) is 13.8. The molecule has 0 bridgehead atoms. The highest BCUT2D eigenvalue weighted by molar-refractivity contribution is 6.31. The van der Waals surface area contributed by atoms with Crippen molar-refractivity contribution in [3.8, 4) is 5.75 Å². The van der Waals surface area contributed by atoms with E-state index in [1.54, 1.807) is 13.0 Å². The van der Waals surface area contributed by atoms with Crippen LogP contribution in [-0.2, 0) is 9.53 Å². The number of phenols is 1. The van der Waals surface area contributed by atoms with Crippen LogP contribution in [0.25, 0.3) is 0 Å². The molecule has 0 saturated heterocycles. The minimum absolute atomic E-state index is 0.0409. The number of hydrogen-bond acceptors (Lipinski definition) is 3. The van der Waals surface area contributed by atoms with E-state index in [4.69, 9.17) is 16.3 Å². The summed E-state index contributed by atoms with van der Waals surface area (Å²) in [5.41, 5.74) is 0.953. The Bertz CT molecular complexity index is 407. The van der Waals surface area contributed by atoms with Crippen molar-refractivity contribution in [2.75, 3.05) is 18.5 Å². The fraction of sp³-hybridized carbons (Fsp3) is 0.417. The number of nitrogens with one attached hydrogen (secondary N) is 1. The lowest BCUT2D eigenvalue weighted by Crippen LogP contribution is -2.14. The van der Waals surface area contributed by atoms with Crippen LogP contribution in [0.3, 0.4) is 0 Å². The molecule has 0 radical (unpaired) electrons. The first-order chi connectivity index (χ1) is 8.04. The summed E-state index contributed by atoms with van der Waals surface area (Å²) >= 11 is 5.85. The monoisotopic (exact) mass is 257 g/mol. The zero-order valence-electron chi connectivity index (χ0n) is 9.92. The topological polar surface area (TPSA) is 58.6 Å². The second-order valence-corrected chi connectivity index (χ2v) is 4.05. The summed E-state index contributed by atoms with van der Waals surface area (Å²) in [6, 6.07) is 3.15. The highest BCUT2D eigenvalue weighted by Gasteiger charge is 2.09. The van der Waals surface area contributed by atoms with Crippen LogP contribution in [0.5, 0.6) is 5.75 Å². The summed E-state index contributed by atoms with van der Waals surface area (Å²) < 4.78 is 5.07. The van der Waals surface area contributed by atoms with E-state index in [1.807, 2.05) is 6.92 Å². The molecule has 0 heterocycles. The van der Waals surface area contributed by atoms with Gasteiger partial charge < -0.3 is 15.2 Å². The van der Waals surface area contributed by atoms with Crippen LogP contribution in [0.15, 0.2) is 12.1 Å². The molecule has 0 fully saturated rings. The summed E-state index contributed by atoms with van der Waals surface area (Å²) in [6.45, 7) is 4.53. The number of halogens is 1. The molecule has 94 valence electrons. The number of carbonyl (C=O) groups excluding carboxylic acids is 1. The molecule has 1 aromatic rings. The average Bonchev–Trinajstić information content (AvgIpc) is 2.25. The lowest BCUT2D eigenvalue weighted by Gasteiger charge is -2.10. The van der Waals surface area contributed by atoms with Crippen LogP contribution in [0, 0.1) is 6.92 Å². The molecular formula is C12H16ClNO3. The van der Waals surface area contributed by atoms with Gasteiger partial charge in [-0.3, -0.25) is 4.79 Å². The third-order valence-electron chi connectivity index (χ3n) is 2.22. The minimum Gasteiger partial charge on any atom is -0.505 e. The maximum atomic E-state index is 11.5. The van der Waals surface area contributed by atoms with Gasteiger partial charge in [-0.05, 0) is 31.5 Å². The number of hydrogen-bond donors (Lipinski definition) is 2. The van der Waals surface area contributed by atoms with E-state index in [9.17, 15) is 9.90 Å². The molecule has 0 aromatic heterocycles. The van der Waals surface area contributed by atoms with Crippen LogP contribution < -0.4 is 5.32 Å². The molecular weight excluding hydrogens is 242 g/mol. The van der Waals surface area contributed by atoms with Crippen molar-refractivity contribution < 1.29 is 14.6 Å². The quantitative estimate of drug-likeness (QED) is 0.630. The highest BCUT2D eigenvalue weighted by atomic mass is 35.5. The van der Waals surface area contributed by atoms with Gasteiger partial charge in [0.1, 0.15) is 5.75 Å². The molecule has 2 N–H and O–H groups in total. The van der Waals surface area contributed by atoms with Gasteiger partial charge in [0.05, 0.1) is 18.7 Å². The molecule has 4 nitrogen and oxygen atoms in total. The van der Waals surface area contributed by atoms with Gasteiger partial charge in [-0.15, -0.1) is 0 Å². The summed E-state index contributed by atoms with van der Waals surface area (Å²) in [5, 5.41) is 12.8. The van der Waals surface area contributed by atoms with Crippen molar-refractivity contribution >= 4 is 23.2 Å². The van der Waals surface area contributed by atoms with E-state index < -0.39 is 0 Å². The zero-order chi connectivity index (χ0) is 12.8. The molecule has 17 heavy (non-hydrogen) atoms. The van der Waals surface area contributed by atoms with E-state index in [-0.39, 0.29) is 18.1 Å². The van der Waals surface area contributed by atoms with Gasteiger partial charge >= 0.3 is 0 Å².